The Morgan fingerprint density at radius 2 is 1.86 bits per heavy atom. The van der Waals surface area contributed by atoms with E-state index < -0.39 is 0 Å². The Bertz CT molecular complexity index is 603. The first-order valence-electron chi connectivity index (χ1n) is 6.99. The first kappa shape index (κ1) is 13.7. The van der Waals surface area contributed by atoms with Gasteiger partial charge < -0.3 is 4.90 Å². The average molecular weight is 286 g/mol. The van der Waals surface area contributed by atoms with Crippen LogP contribution in [0.2, 0.25) is 0 Å². The standard InChI is InChI=1S/C14H18N6O/c1-12-6-17-20(9-12)14(21)19-4-2-18(3-5-19)10-13-7-15-11-16-8-13/h6-9,11H,2-5,10H2,1H3. The Balaban J connectivity index is 1.54. The summed E-state index contributed by atoms with van der Waals surface area (Å²) in [6.07, 6.45) is 8.65. The Morgan fingerprint density at radius 3 is 2.48 bits per heavy atom. The fraction of sp³-hybridized carbons (Fsp3) is 0.429. The van der Waals surface area contributed by atoms with E-state index in [-0.39, 0.29) is 6.03 Å². The largest absolute Gasteiger partial charge is 0.344 e. The molecule has 3 heterocycles. The maximum atomic E-state index is 12.3. The van der Waals surface area contributed by atoms with Crippen LogP contribution in [-0.2, 0) is 6.54 Å². The first-order valence-corrected chi connectivity index (χ1v) is 6.99. The number of carbonyl (C=O) groups is 1. The lowest BCUT2D eigenvalue weighted by Gasteiger charge is -2.34. The van der Waals surface area contributed by atoms with Crippen LogP contribution in [0.4, 0.5) is 4.79 Å². The minimum atomic E-state index is -0.0502. The Hall–Kier alpha value is -2.28. The van der Waals surface area contributed by atoms with Crippen molar-refractivity contribution in [3.8, 4) is 0 Å². The smallest absolute Gasteiger partial charge is 0.320 e. The number of aryl methyl sites for hydroxylation is 1. The van der Waals surface area contributed by atoms with Gasteiger partial charge in [-0.15, -0.1) is 0 Å². The summed E-state index contributed by atoms with van der Waals surface area (Å²) in [5, 5.41) is 4.07. The molecule has 0 bridgehead atoms. The molecular weight excluding hydrogens is 268 g/mol. The van der Waals surface area contributed by atoms with Gasteiger partial charge in [0.15, 0.2) is 0 Å². The van der Waals surface area contributed by atoms with Crippen molar-refractivity contribution in [3.63, 3.8) is 0 Å². The lowest BCUT2D eigenvalue weighted by atomic mass is 10.2. The highest BCUT2D eigenvalue weighted by atomic mass is 16.2. The summed E-state index contributed by atoms with van der Waals surface area (Å²) in [5.74, 6) is 0. The van der Waals surface area contributed by atoms with Crippen LogP contribution in [0, 0.1) is 6.92 Å². The van der Waals surface area contributed by atoms with E-state index in [9.17, 15) is 4.79 Å². The van der Waals surface area contributed by atoms with Gasteiger partial charge in [-0.1, -0.05) is 0 Å². The third kappa shape index (κ3) is 3.25. The van der Waals surface area contributed by atoms with E-state index in [0.29, 0.717) is 13.1 Å². The van der Waals surface area contributed by atoms with Gasteiger partial charge in [0.05, 0.1) is 6.20 Å². The van der Waals surface area contributed by atoms with Gasteiger partial charge in [-0.2, -0.15) is 9.78 Å². The lowest BCUT2D eigenvalue weighted by molar-refractivity contribution is 0.134. The monoisotopic (exact) mass is 286 g/mol. The van der Waals surface area contributed by atoms with E-state index in [1.54, 1.807) is 12.4 Å². The molecule has 0 aromatic carbocycles. The van der Waals surface area contributed by atoms with Crippen LogP contribution in [0.15, 0.2) is 31.1 Å². The Kier molecular flexibility index (Phi) is 3.92. The predicted molar refractivity (Wildman–Crippen MR) is 76.6 cm³/mol. The molecule has 7 nitrogen and oxygen atoms in total. The minimum absolute atomic E-state index is 0.0502. The molecule has 0 radical (unpaired) electrons. The molecule has 0 spiro atoms. The second-order valence-corrected chi connectivity index (χ2v) is 5.25. The second-order valence-electron chi connectivity index (χ2n) is 5.25. The number of piperazine rings is 1. The van der Waals surface area contributed by atoms with Crippen LogP contribution in [0.25, 0.3) is 0 Å². The lowest BCUT2D eigenvalue weighted by Crippen LogP contribution is -2.49. The van der Waals surface area contributed by atoms with E-state index in [1.165, 1.54) is 11.0 Å². The molecule has 1 aliphatic rings. The fourth-order valence-corrected chi connectivity index (χ4v) is 2.43. The number of rotatable bonds is 2. The highest BCUT2D eigenvalue weighted by Crippen LogP contribution is 2.08. The normalized spacial score (nSPS) is 16.1. The highest BCUT2D eigenvalue weighted by Gasteiger charge is 2.22. The van der Waals surface area contributed by atoms with Crippen molar-refractivity contribution in [2.75, 3.05) is 26.2 Å². The van der Waals surface area contributed by atoms with Crippen molar-refractivity contribution >= 4 is 6.03 Å². The van der Waals surface area contributed by atoms with E-state index in [0.717, 1.165) is 30.8 Å². The van der Waals surface area contributed by atoms with Gasteiger partial charge in [0.1, 0.15) is 6.33 Å². The van der Waals surface area contributed by atoms with Crippen LogP contribution >= 0.6 is 0 Å². The summed E-state index contributed by atoms with van der Waals surface area (Å²) in [4.78, 5) is 24.4. The van der Waals surface area contributed by atoms with Gasteiger partial charge >= 0.3 is 6.03 Å². The molecule has 0 aliphatic carbocycles. The quantitative estimate of drug-likeness (QED) is 0.815. The molecule has 7 heteroatoms. The highest BCUT2D eigenvalue weighted by molar-refractivity contribution is 5.76. The molecule has 1 fully saturated rings. The number of hydrogen-bond acceptors (Lipinski definition) is 5. The third-order valence-corrected chi connectivity index (χ3v) is 3.57. The molecule has 0 atom stereocenters. The molecule has 1 saturated heterocycles. The molecule has 21 heavy (non-hydrogen) atoms. The number of aromatic nitrogens is 4. The van der Waals surface area contributed by atoms with Gasteiger partial charge in [-0.05, 0) is 12.5 Å². The van der Waals surface area contributed by atoms with Crippen molar-refractivity contribution < 1.29 is 4.79 Å². The molecule has 110 valence electrons. The zero-order valence-electron chi connectivity index (χ0n) is 12.0. The summed E-state index contributed by atoms with van der Waals surface area (Å²) >= 11 is 0. The molecule has 0 N–H and O–H groups in total. The summed E-state index contributed by atoms with van der Waals surface area (Å²) in [5.41, 5.74) is 2.09. The third-order valence-electron chi connectivity index (χ3n) is 3.57. The van der Waals surface area contributed by atoms with Crippen molar-refractivity contribution in [1.82, 2.24) is 29.5 Å². The van der Waals surface area contributed by atoms with Crippen molar-refractivity contribution in [2.45, 2.75) is 13.5 Å². The van der Waals surface area contributed by atoms with Gasteiger partial charge in [-0.3, -0.25) is 4.90 Å². The van der Waals surface area contributed by atoms with Gasteiger partial charge in [-0.25, -0.2) is 14.8 Å². The zero-order valence-corrected chi connectivity index (χ0v) is 12.0. The molecule has 2 aromatic heterocycles. The number of nitrogens with zero attached hydrogens (tertiary/aromatic N) is 6. The summed E-state index contributed by atoms with van der Waals surface area (Å²) in [6.45, 7) is 5.87. The topological polar surface area (TPSA) is 67.2 Å². The maximum absolute atomic E-state index is 12.3. The fourth-order valence-electron chi connectivity index (χ4n) is 2.43. The molecule has 0 unspecified atom stereocenters. The summed E-state index contributed by atoms with van der Waals surface area (Å²) in [7, 11) is 0. The molecule has 1 amide bonds. The maximum Gasteiger partial charge on any atom is 0.344 e. The van der Waals surface area contributed by atoms with E-state index >= 15 is 0 Å². The van der Waals surface area contributed by atoms with E-state index in [4.69, 9.17) is 0 Å². The van der Waals surface area contributed by atoms with E-state index in [2.05, 4.69) is 20.0 Å². The molecule has 0 saturated carbocycles. The average Bonchev–Trinajstić information content (AvgIpc) is 2.95. The second kappa shape index (κ2) is 6.01. The van der Waals surface area contributed by atoms with E-state index in [1.807, 2.05) is 24.2 Å². The zero-order chi connectivity index (χ0) is 14.7. The number of carbonyl (C=O) groups excluding carboxylic acids is 1. The molecule has 1 aliphatic heterocycles. The predicted octanol–water partition coefficient (Wildman–Crippen LogP) is 0.767. The summed E-state index contributed by atoms with van der Waals surface area (Å²) < 4.78 is 1.41. The van der Waals surface area contributed by atoms with Crippen molar-refractivity contribution in [2.24, 2.45) is 0 Å². The van der Waals surface area contributed by atoms with Crippen LogP contribution in [0.5, 0.6) is 0 Å². The van der Waals surface area contributed by atoms with Crippen molar-refractivity contribution in [1.29, 1.82) is 0 Å². The molecular formula is C14H18N6O. The van der Waals surface area contributed by atoms with Gasteiger partial charge in [0, 0.05) is 56.9 Å². The van der Waals surface area contributed by atoms with Crippen LogP contribution in [0.3, 0.4) is 0 Å². The molecule has 3 rings (SSSR count). The van der Waals surface area contributed by atoms with Crippen LogP contribution in [-0.4, -0.2) is 61.8 Å². The van der Waals surface area contributed by atoms with Crippen LogP contribution in [0.1, 0.15) is 11.1 Å². The SMILES string of the molecule is Cc1cnn(C(=O)N2CCN(Cc3cncnc3)CC2)c1. The Morgan fingerprint density at radius 1 is 1.14 bits per heavy atom. The number of amides is 1. The van der Waals surface area contributed by atoms with Gasteiger partial charge in [0.2, 0.25) is 0 Å². The first-order chi connectivity index (χ1) is 10.2. The van der Waals surface area contributed by atoms with Crippen molar-refractivity contribution in [3.05, 3.63) is 42.2 Å². The summed E-state index contributed by atoms with van der Waals surface area (Å²) in [6, 6.07) is -0.0502. The number of hydrogen-bond donors (Lipinski definition) is 0. The van der Waals surface area contributed by atoms with Gasteiger partial charge in [0.25, 0.3) is 0 Å². The molecule has 2 aromatic rings. The minimum Gasteiger partial charge on any atom is -0.320 e. The van der Waals surface area contributed by atoms with Crippen LogP contribution < -0.4 is 0 Å². The Labute approximate surface area is 123 Å².